The Kier molecular flexibility index (Phi) is 9.98. The molecule has 34 heavy (non-hydrogen) atoms. The molecular weight excluding hydrogens is 432 g/mol. The van der Waals surface area contributed by atoms with Crippen LogP contribution in [0, 0.1) is 11.8 Å². The highest BCUT2D eigenvalue weighted by Gasteiger charge is 2.47. The van der Waals surface area contributed by atoms with Gasteiger partial charge in [0.05, 0.1) is 18.8 Å². The third-order valence-electron chi connectivity index (χ3n) is 7.25. The predicted molar refractivity (Wildman–Crippen MR) is 129 cm³/mol. The van der Waals surface area contributed by atoms with Crippen LogP contribution in [0.2, 0.25) is 0 Å². The molecule has 2 heterocycles. The molecule has 188 valence electrons. The average Bonchev–Trinajstić information content (AvgIpc) is 3.17. The molecule has 1 aromatic carbocycles. The summed E-state index contributed by atoms with van der Waals surface area (Å²) in [7, 11) is 0. The largest absolute Gasteiger partial charge is 0.469 e. The van der Waals surface area contributed by atoms with E-state index in [0.29, 0.717) is 19.6 Å². The van der Waals surface area contributed by atoms with E-state index >= 15 is 0 Å². The number of allylic oxidation sites excluding steroid dienone is 1. The fourth-order valence-corrected chi connectivity index (χ4v) is 5.45. The lowest BCUT2D eigenvalue weighted by atomic mass is 9.88. The van der Waals surface area contributed by atoms with E-state index in [1.807, 2.05) is 6.07 Å². The van der Waals surface area contributed by atoms with Gasteiger partial charge in [-0.15, -0.1) is 0 Å². The van der Waals surface area contributed by atoms with Crippen molar-refractivity contribution < 1.29 is 28.8 Å². The molecule has 0 radical (unpaired) electrons. The summed E-state index contributed by atoms with van der Waals surface area (Å²) in [6.45, 7) is 1.41. The van der Waals surface area contributed by atoms with Gasteiger partial charge in [-0.1, -0.05) is 30.3 Å². The van der Waals surface area contributed by atoms with E-state index in [1.54, 1.807) is 0 Å². The van der Waals surface area contributed by atoms with Crippen LogP contribution in [0.5, 0.6) is 0 Å². The molecule has 2 aliphatic heterocycles. The molecule has 1 N–H and O–H groups in total. The zero-order valence-electron chi connectivity index (χ0n) is 20.2. The van der Waals surface area contributed by atoms with Gasteiger partial charge in [-0.2, -0.15) is 0 Å². The van der Waals surface area contributed by atoms with Crippen LogP contribution in [0.3, 0.4) is 0 Å². The van der Waals surface area contributed by atoms with Crippen molar-refractivity contribution >= 4 is 6.29 Å². The van der Waals surface area contributed by atoms with Crippen molar-refractivity contribution in [1.29, 1.82) is 0 Å². The highest BCUT2D eigenvalue weighted by molar-refractivity contribution is 5.50. The number of hydrogen-bond donors (Lipinski definition) is 1. The number of aliphatic hydroxyl groups excluding tert-OH is 1. The predicted octanol–water partition coefficient (Wildman–Crippen LogP) is 4.93. The Morgan fingerprint density at radius 1 is 1.03 bits per heavy atom. The van der Waals surface area contributed by atoms with E-state index in [2.05, 4.69) is 30.3 Å². The number of unbranched alkanes of at least 4 members (excludes halogenated alkanes) is 1. The number of benzene rings is 1. The summed E-state index contributed by atoms with van der Waals surface area (Å²) in [5, 5.41) is 10.9. The SMILES string of the molecule is O=CC[C@H]1[C@H](C(=CCCCc2ccccc2)OC2CCCCO2)[C@@H](OC2CCCCO2)C[C@H]1O. The van der Waals surface area contributed by atoms with Crippen molar-refractivity contribution in [2.45, 2.75) is 95.4 Å². The molecule has 0 bridgehead atoms. The molecule has 2 saturated heterocycles. The van der Waals surface area contributed by atoms with Gasteiger partial charge < -0.3 is 28.8 Å². The maximum absolute atomic E-state index is 11.5. The van der Waals surface area contributed by atoms with Crippen LogP contribution >= 0.6 is 0 Å². The average molecular weight is 473 g/mol. The zero-order valence-corrected chi connectivity index (χ0v) is 20.2. The molecule has 6 atom stereocenters. The van der Waals surface area contributed by atoms with Crippen LogP contribution in [-0.4, -0.2) is 49.4 Å². The van der Waals surface area contributed by atoms with E-state index in [0.717, 1.165) is 69.8 Å². The van der Waals surface area contributed by atoms with Crippen molar-refractivity contribution in [2.75, 3.05) is 13.2 Å². The van der Waals surface area contributed by atoms with Crippen LogP contribution in [0.15, 0.2) is 42.2 Å². The number of rotatable bonds is 11. The van der Waals surface area contributed by atoms with E-state index in [9.17, 15) is 9.90 Å². The minimum absolute atomic E-state index is 0.187. The first-order chi connectivity index (χ1) is 16.7. The summed E-state index contributed by atoms with van der Waals surface area (Å²) >= 11 is 0. The van der Waals surface area contributed by atoms with Crippen LogP contribution in [0.25, 0.3) is 0 Å². The number of hydrogen-bond acceptors (Lipinski definition) is 6. The topological polar surface area (TPSA) is 74.2 Å². The van der Waals surface area contributed by atoms with Gasteiger partial charge in [0.15, 0.2) is 12.6 Å². The fourth-order valence-electron chi connectivity index (χ4n) is 5.45. The van der Waals surface area contributed by atoms with Crippen LogP contribution in [-0.2, 0) is 30.2 Å². The standard InChI is InChI=1S/C28H40O6/c29-17-16-22-23(30)20-25(34-27-15-7-9-19-32-27)28(22)24(33-26-14-6-8-18-31-26)13-5-4-12-21-10-2-1-3-11-21/h1-3,10-11,13,17,22-23,25-28,30H,4-9,12,14-16,18-20H2/t22-,23-,25+,26?,27?,28-/m1/s1. The summed E-state index contributed by atoms with van der Waals surface area (Å²) in [5.41, 5.74) is 1.32. The molecule has 0 spiro atoms. The molecule has 6 nitrogen and oxygen atoms in total. The minimum atomic E-state index is -0.604. The second kappa shape index (κ2) is 13.4. The van der Waals surface area contributed by atoms with Gasteiger partial charge >= 0.3 is 0 Å². The van der Waals surface area contributed by atoms with E-state index < -0.39 is 6.10 Å². The maximum Gasteiger partial charge on any atom is 0.199 e. The fraction of sp³-hybridized carbons (Fsp3) is 0.679. The lowest BCUT2D eigenvalue weighted by Gasteiger charge is -2.33. The third-order valence-corrected chi connectivity index (χ3v) is 7.25. The van der Waals surface area contributed by atoms with Crippen LogP contribution < -0.4 is 0 Å². The quantitative estimate of drug-likeness (QED) is 0.280. The Labute approximate surface area is 203 Å². The van der Waals surface area contributed by atoms with Gasteiger partial charge in [0, 0.05) is 37.7 Å². The van der Waals surface area contributed by atoms with Gasteiger partial charge in [-0.05, 0) is 63.0 Å². The number of aldehydes is 1. The van der Waals surface area contributed by atoms with E-state index in [4.69, 9.17) is 18.9 Å². The monoisotopic (exact) mass is 472 g/mol. The minimum Gasteiger partial charge on any atom is -0.469 e. The summed E-state index contributed by atoms with van der Waals surface area (Å²) in [5.74, 6) is 0.396. The van der Waals surface area contributed by atoms with Crippen molar-refractivity contribution in [3.8, 4) is 0 Å². The molecule has 6 heteroatoms. The highest BCUT2D eigenvalue weighted by Crippen LogP contribution is 2.43. The van der Waals surface area contributed by atoms with Gasteiger partial charge in [-0.3, -0.25) is 0 Å². The van der Waals surface area contributed by atoms with Crippen molar-refractivity contribution in [3.63, 3.8) is 0 Å². The lowest BCUT2D eigenvalue weighted by molar-refractivity contribution is -0.201. The van der Waals surface area contributed by atoms with Gasteiger partial charge in [0.1, 0.15) is 12.0 Å². The Morgan fingerprint density at radius 3 is 2.44 bits per heavy atom. The maximum atomic E-state index is 11.5. The first kappa shape index (κ1) is 25.4. The summed E-state index contributed by atoms with van der Waals surface area (Å²) in [4.78, 5) is 11.5. The Hall–Kier alpha value is -1.73. The number of aliphatic hydroxyl groups is 1. The summed E-state index contributed by atoms with van der Waals surface area (Å²) in [6, 6.07) is 10.5. The first-order valence-corrected chi connectivity index (χ1v) is 13.2. The van der Waals surface area contributed by atoms with Crippen LogP contribution in [0.1, 0.15) is 69.8 Å². The van der Waals surface area contributed by atoms with E-state index in [-0.39, 0.29) is 36.9 Å². The molecule has 3 aliphatic rings. The Morgan fingerprint density at radius 2 is 1.76 bits per heavy atom. The molecule has 2 unspecified atom stereocenters. The Bertz CT molecular complexity index is 753. The molecule has 1 saturated carbocycles. The van der Waals surface area contributed by atoms with Crippen molar-refractivity contribution in [2.24, 2.45) is 11.8 Å². The summed E-state index contributed by atoms with van der Waals surface area (Å²) in [6.07, 6.45) is 11.3. The van der Waals surface area contributed by atoms with Gasteiger partial charge in [-0.25, -0.2) is 0 Å². The van der Waals surface area contributed by atoms with Gasteiger partial charge in [0.2, 0.25) is 0 Å². The van der Waals surface area contributed by atoms with Gasteiger partial charge in [0.25, 0.3) is 0 Å². The molecule has 4 rings (SSSR count). The molecule has 3 fully saturated rings. The molecule has 1 aromatic rings. The van der Waals surface area contributed by atoms with Crippen molar-refractivity contribution in [1.82, 2.24) is 0 Å². The number of ether oxygens (including phenoxy) is 4. The molecule has 1 aliphatic carbocycles. The molecule has 0 aromatic heterocycles. The third kappa shape index (κ3) is 7.14. The molecule has 0 amide bonds. The lowest BCUT2D eigenvalue weighted by Crippen LogP contribution is -2.34. The second-order valence-corrected chi connectivity index (χ2v) is 9.76. The number of aryl methyl sites for hydroxylation is 1. The molecular formula is C28H40O6. The smallest absolute Gasteiger partial charge is 0.199 e. The second-order valence-electron chi connectivity index (χ2n) is 9.76. The van der Waals surface area contributed by atoms with Crippen LogP contribution in [0.4, 0.5) is 0 Å². The summed E-state index contributed by atoms with van der Waals surface area (Å²) < 4.78 is 24.6. The normalized spacial score (nSPS) is 32.4. The Balaban J connectivity index is 1.50. The number of carbonyl (C=O) groups is 1. The highest BCUT2D eigenvalue weighted by atomic mass is 16.7. The van der Waals surface area contributed by atoms with Crippen molar-refractivity contribution in [3.05, 3.63) is 47.7 Å². The zero-order chi connectivity index (χ0) is 23.6. The first-order valence-electron chi connectivity index (χ1n) is 13.2. The van der Waals surface area contributed by atoms with E-state index in [1.165, 1.54) is 5.56 Å². The number of carbonyl (C=O) groups excluding carboxylic acids is 1.